The number of carbonyl (C=O) groups is 2. The van der Waals surface area contributed by atoms with E-state index in [4.69, 9.17) is 5.11 Å². The Kier molecular flexibility index (Phi) is 4.52. The minimum Gasteiger partial charge on any atom is -0.480 e. The van der Waals surface area contributed by atoms with Gasteiger partial charge in [-0.15, -0.1) is 0 Å². The minimum atomic E-state index is -1.42. The molecule has 0 bridgehead atoms. The van der Waals surface area contributed by atoms with Gasteiger partial charge in [-0.3, -0.25) is 4.79 Å². The first-order valence-electron chi connectivity index (χ1n) is 5.42. The van der Waals surface area contributed by atoms with Crippen LogP contribution in [-0.2, 0) is 4.79 Å². The van der Waals surface area contributed by atoms with E-state index in [0.29, 0.717) is 6.07 Å². The van der Waals surface area contributed by atoms with Crippen molar-refractivity contribution in [2.24, 2.45) is 5.92 Å². The smallest absolute Gasteiger partial charge is 0.326 e. The maximum atomic E-state index is 13.3. The number of rotatable bonds is 4. The van der Waals surface area contributed by atoms with Crippen molar-refractivity contribution in [1.82, 2.24) is 5.32 Å². The number of carbonyl (C=O) groups excluding carboxylic acids is 1. The van der Waals surface area contributed by atoms with Gasteiger partial charge in [0.2, 0.25) is 0 Å². The van der Waals surface area contributed by atoms with E-state index in [1.807, 2.05) is 0 Å². The molecule has 0 unspecified atom stereocenters. The highest BCUT2D eigenvalue weighted by Crippen LogP contribution is 2.14. The number of nitrogens with one attached hydrogen (secondary N) is 1. The Morgan fingerprint density at radius 2 is 1.63 bits per heavy atom. The molecule has 7 heteroatoms. The van der Waals surface area contributed by atoms with Gasteiger partial charge in [-0.2, -0.15) is 0 Å². The van der Waals surface area contributed by atoms with E-state index in [9.17, 15) is 22.8 Å². The first-order valence-corrected chi connectivity index (χ1v) is 5.42. The Balaban J connectivity index is 3.01. The van der Waals surface area contributed by atoms with Gasteiger partial charge in [0.05, 0.1) is 5.56 Å². The average Bonchev–Trinajstić information content (AvgIpc) is 2.29. The summed E-state index contributed by atoms with van der Waals surface area (Å²) in [6.45, 7) is 3.08. The van der Waals surface area contributed by atoms with E-state index in [-0.39, 0.29) is 6.07 Å². The van der Waals surface area contributed by atoms with Crippen LogP contribution in [0.2, 0.25) is 0 Å². The van der Waals surface area contributed by atoms with Crippen molar-refractivity contribution in [2.45, 2.75) is 19.9 Å². The van der Waals surface area contributed by atoms with Gasteiger partial charge < -0.3 is 10.4 Å². The average molecular weight is 275 g/mol. The minimum absolute atomic E-state index is 0.232. The molecule has 4 nitrogen and oxygen atoms in total. The molecule has 0 aliphatic heterocycles. The molecule has 0 saturated carbocycles. The van der Waals surface area contributed by atoms with Gasteiger partial charge >= 0.3 is 5.97 Å². The van der Waals surface area contributed by atoms with Gasteiger partial charge in [-0.05, 0) is 12.0 Å². The lowest BCUT2D eigenvalue weighted by atomic mass is 10.0. The summed E-state index contributed by atoms with van der Waals surface area (Å²) < 4.78 is 39.0. The molecule has 1 atom stereocenters. The number of carboxylic acids is 1. The van der Waals surface area contributed by atoms with Crippen LogP contribution in [0.25, 0.3) is 0 Å². The highest BCUT2D eigenvalue weighted by Gasteiger charge is 2.25. The van der Waals surface area contributed by atoms with Crippen molar-refractivity contribution in [3.8, 4) is 0 Å². The van der Waals surface area contributed by atoms with Gasteiger partial charge in [0.1, 0.15) is 11.9 Å². The molecule has 2 N–H and O–H groups in total. The normalized spacial score (nSPS) is 12.3. The summed E-state index contributed by atoms with van der Waals surface area (Å²) >= 11 is 0. The molecule has 0 heterocycles. The molecule has 0 aliphatic rings. The van der Waals surface area contributed by atoms with E-state index >= 15 is 0 Å². The number of halogens is 3. The molecule has 1 aromatic rings. The van der Waals surface area contributed by atoms with E-state index in [0.717, 1.165) is 0 Å². The standard InChI is InChI=1S/C12H12F3NO3/c1-5(2)10(12(18)19)16-11(17)6-3-8(14)9(15)4-7(6)13/h3-5,10H,1-2H3,(H,16,17)(H,18,19)/t10-/m0/s1. The van der Waals surface area contributed by atoms with Crippen LogP contribution >= 0.6 is 0 Å². The SMILES string of the molecule is CC(C)[C@H](NC(=O)c1cc(F)c(F)cc1F)C(=O)O. The number of hydrogen-bond donors (Lipinski definition) is 2. The van der Waals surface area contributed by atoms with Gasteiger partial charge in [-0.1, -0.05) is 13.8 Å². The van der Waals surface area contributed by atoms with Crippen molar-refractivity contribution in [2.75, 3.05) is 0 Å². The molecule has 1 amide bonds. The molecule has 0 aliphatic carbocycles. The third-order valence-electron chi connectivity index (χ3n) is 2.47. The van der Waals surface area contributed by atoms with Gasteiger partial charge in [-0.25, -0.2) is 18.0 Å². The van der Waals surface area contributed by atoms with Crippen molar-refractivity contribution in [1.29, 1.82) is 0 Å². The third-order valence-corrected chi connectivity index (χ3v) is 2.47. The van der Waals surface area contributed by atoms with Crippen LogP contribution in [0.3, 0.4) is 0 Å². The largest absolute Gasteiger partial charge is 0.480 e. The van der Waals surface area contributed by atoms with Gasteiger partial charge in [0.25, 0.3) is 5.91 Å². The Morgan fingerprint density at radius 1 is 1.11 bits per heavy atom. The van der Waals surface area contributed by atoms with Crippen LogP contribution in [0.1, 0.15) is 24.2 Å². The van der Waals surface area contributed by atoms with Crippen molar-refractivity contribution >= 4 is 11.9 Å². The molecule has 0 aromatic heterocycles. The van der Waals surface area contributed by atoms with Crippen molar-refractivity contribution in [3.05, 3.63) is 35.1 Å². The summed E-state index contributed by atoms with van der Waals surface area (Å²) in [6.07, 6.45) is 0. The third kappa shape index (κ3) is 3.46. The first kappa shape index (κ1) is 15.0. The molecular weight excluding hydrogens is 263 g/mol. The number of carboxylic acid groups (broad SMARTS) is 1. The molecule has 0 spiro atoms. The first-order chi connectivity index (χ1) is 8.73. The van der Waals surface area contributed by atoms with Gasteiger partial charge in [0.15, 0.2) is 11.6 Å². The lowest BCUT2D eigenvalue weighted by molar-refractivity contribution is -0.140. The summed E-state index contributed by atoms with van der Waals surface area (Å²) in [7, 11) is 0. The fraction of sp³-hybridized carbons (Fsp3) is 0.333. The van der Waals surface area contributed by atoms with Crippen LogP contribution in [0.15, 0.2) is 12.1 Å². The summed E-state index contributed by atoms with van der Waals surface area (Å²) in [6, 6.07) is -0.630. The number of aliphatic carboxylic acids is 1. The van der Waals surface area contributed by atoms with E-state index in [2.05, 4.69) is 5.32 Å². The zero-order chi connectivity index (χ0) is 14.7. The maximum Gasteiger partial charge on any atom is 0.326 e. The lowest BCUT2D eigenvalue weighted by Crippen LogP contribution is -2.44. The van der Waals surface area contributed by atoms with Crippen LogP contribution in [0.5, 0.6) is 0 Å². The Hall–Kier alpha value is -2.05. The zero-order valence-electron chi connectivity index (χ0n) is 10.2. The predicted octanol–water partition coefficient (Wildman–Crippen LogP) is 1.94. The number of hydrogen-bond acceptors (Lipinski definition) is 2. The number of amides is 1. The monoisotopic (exact) mass is 275 g/mol. The Labute approximate surface area is 107 Å². The van der Waals surface area contributed by atoms with Crippen molar-refractivity contribution < 1.29 is 27.9 Å². The molecule has 0 radical (unpaired) electrons. The molecule has 1 aromatic carbocycles. The highest BCUT2D eigenvalue weighted by molar-refractivity contribution is 5.96. The van der Waals surface area contributed by atoms with E-state index in [1.165, 1.54) is 0 Å². The maximum absolute atomic E-state index is 13.3. The highest BCUT2D eigenvalue weighted by atomic mass is 19.2. The predicted molar refractivity (Wildman–Crippen MR) is 60.0 cm³/mol. The second-order valence-electron chi connectivity index (χ2n) is 4.28. The van der Waals surface area contributed by atoms with E-state index in [1.54, 1.807) is 13.8 Å². The second kappa shape index (κ2) is 5.73. The molecule has 0 saturated heterocycles. The molecule has 1 rings (SSSR count). The van der Waals surface area contributed by atoms with E-state index < -0.39 is 46.9 Å². The Bertz CT molecular complexity index is 517. The fourth-order valence-electron chi connectivity index (χ4n) is 1.43. The van der Waals surface area contributed by atoms with Crippen LogP contribution in [-0.4, -0.2) is 23.0 Å². The topological polar surface area (TPSA) is 66.4 Å². The van der Waals surface area contributed by atoms with Crippen LogP contribution in [0.4, 0.5) is 13.2 Å². The molecular formula is C12H12F3NO3. The Morgan fingerprint density at radius 3 is 2.11 bits per heavy atom. The zero-order valence-corrected chi connectivity index (χ0v) is 10.2. The molecule has 19 heavy (non-hydrogen) atoms. The summed E-state index contributed by atoms with van der Waals surface area (Å²) in [5.41, 5.74) is -0.745. The summed E-state index contributed by atoms with van der Waals surface area (Å²) in [5.74, 6) is -6.93. The summed E-state index contributed by atoms with van der Waals surface area (Å²) in [5, 5.41) is 10.9. The van der Waals surface area contributed by atoms with Crippen LogP contribution < -0.4 is 5.32 Å². The number of benzene rings is 1. The summed E-state index contributed by atoms with van der Waals surface area (Å²) in [4.78, 5) is 22.5. The lowest BCUT2D eigenvalue weighted by Gasteiger charge is -2.18. The second-order valence-corrected chi connectivity index (χ2v) is 4.28. The quantitative estimate of drug-likeness (QED) is 0.825. The molecule has 0 fully saturated rings. The van der Waals surface area contributed by atoms with Crippen molar-refractivity contribution in [3.63, 3.8) is 0 Å². The van der Waals surface area contributed by atoms with Crippen LogP contribution in [0, 0.1) is 23.4 Å². The van der Waals surface area contributed by atoms with Gasteiger partial charge in [0, 0.05) is 6.07 Å². The molecule has 104 valence electrons. The fourth-order valence-corrected chi connectivity index (χ4v) is 1.43.